The molecule has 0 aliphatic rings. The number of nitro benzene ring substituents is 1. The van der Waals surface area contributed by atoms with Crippen molar-refractivity contribution in [2.24, 2.45) is 5.92 Å². The summed E-state index contributed by atoms with van der Waals surface area (Å²) in [5.41, 5.74) is -0.488. The van der Waals surface area contributed by atoms with E-state index in [9.17, 15) is 19.3 Å². The first kappa shape index (κ1) is 15.2. The van der Waals surface area contributed by atoms with E-state index in [2.05, 4.69) is 5.32 Å². The lowest BCUT2D eigenvalue weighted by molar-refractivity contribution is -0.384. The summed E-state index contributed by atoms with van der Waals surface area (Å²) >= 11 is 5.47. The lowest BCUT2D eigenvalue weighted by Gasteiger charge is -2.12. The van der Waals surface area contributed by atoms with Crippen molar-refractivity contribution in [3.8, 4) is 0 Å². The zero-order valence-corrected chi connectivity index (χ0v) is 10.8. The first-order valence-corrected chi connectivity index (χ1v) is 5.84. The Bertz CT molecular complexity index is 510. The van der Waals surface area contributed by atoms with Crippen LogP contribution in [0.3, 0.4) is 0 Å². The van der Waals surface area contributed by atoms with Crippen molar-refractivity contribution >= 4 is 28.9 Å². The van der Waals surface area contributed by atoms with Crippen LogP contribution in [0.5, 0.6) is 0 Å². The van der Waals surface area contributed by atoms with Crippen LogP contribution in [0.25, 0.3) is 0 Å². The molecule has 0 heterocycles. The van der Waals surface area contributed by atoms with Crippen molar-refractivity contribution in [2.75, 3.05) is 11.9 Å². The average molecular weight is 291 g/mol. The number of aliphatic carboxylic acids is 1. The van der Waals surface area contributed by atoms with Gasteiger partial charge in [0.05, 0.1) is 15.9 Å². The van der Waals surface area contributed by atoms with E-state index < -0.39 is 28.3 Å². The van der Waals surface area contributed by atoms with Crippen LogP contribution in [-0.4, -0.2) is 22.5 Å². The summed E-state index contributed by atoms with van der Waals surface area (Å²) in [7, 11) is 0. The molecule has 1 atom stereocenters. The SMILES string of the molecule is CCC(CNc1cc(F)c(Cl)cc1[N+](=O)[O-])C(=O)O. The lowest BCUT2D eigenvalue weighted by Crippen LogP contribution is -2.22. The van der Waals surface area contributed by atoms with Crippen molar-refractivity contribution < 1.29 is 19.2 Å². The third kappa shape index (κ3) is 3.78. The molecule has 0 bridgehead atoms. The third-order valence-corrected chi connectivity index (χ3v) is 2.91. The molecule has 0 saturated heterocycles. The molecule has 0 aliphatic heterocycles. The molecule has 1 aromatic carbocycles. The van der Waals surface area contributed by atoms with Crippen LogP contribution in [0, 0.1) is 21.8 Å². The van der Waals surface area contributed by atoms with E-state index in [1.165, 1.54) is 0 Å². The van der Waals surface area contributed by atoms with Gasteiger partial charge in [0.1, 0.15) is 11.5 Å². The van der Waals surface area contributed by atoms with Crippen LogP contribution in [0.2, 0.25) is 5.02 Å². The van der Waals surface area contributed by atoms with Crippen molar-refractivity contribution in [1.29, 1.82) is 0 Å². The largest absolute Gasteiger partial charge is 0.481 e. The van der Waals surface area contributed by atoms with Gasteiger partial charge in [0.25, 0.3) is 5.69 Å². The van der Waals surface area contributed by atoms with Gasteiger partial charge in [0, 0.05) is 18.7 Å². The van der Waals surface area contributed by atoms with Crippen LogP contribution >= 0.6 is 11.6 Å². The number of benzene rings is 1. The quantitative estimate of drug-likeness (QED) is 0.621. The van der Waals surface area contributed by atoms with Gasteiger partial charge in [0.2, 0.25) is 0 Å². The van der Waals surface area contributed by atoms with Gasteiger partial charge >= 0.3 is 5.97 Å². The molecule has 1 rings (SSSR count). The van der Waals surface area contributed by atoms with E-state index in [0.717, 1.165) is 12.1 Å². The lowest BCUT2D eigenvalue weighted by atomic mass is 10.1. The zero-order chi connectivity index (χ0) is 14.6. The van der Waals surface area contributed by atoms with E-state index >= 15 is 0 Å². The fraction of sp³-hybridized carbons (Fsp3) is 0.364. The van der Waals surface area contributed by atoms with Crippen molar-refractivity contribution in [3.05, 3.63) is 33.1 Å². The number of hydrogen-bond donors (Lipinski definition) is 2. The molecule has 104 valence electrons. The Morgan fingerprint density at radius 2 is 2.26 bits per heavy atom. The number of nitrogens with zero attached hydrogens (tertiary/aromatic N) is 1. The first-order chi connectivity index (χ1) is 8.86. The number of carbonyl (C=O) groups is 1. The monoisotopic (exact) mass is 290 g/mol. The second-order valence-electron chi connectivity index (χ2n) is 3.86. The predicted molar refractivity (Wildman–Crippen MR) is 68.0 cm³/mol. The summed E-state index contributed by atoms with van der Waals surface area (Å²) in [6.45, 7) is 1.64. The molecular formula is C11H12ClFN2O4. The number of halogens is 2. The van der Waals surface area contributed by atoms with E-state index in [1.807, 2.05) is 0 Å². The highest BCUT2D eigenvalue weighted by Gasteiger charge is 2.20. The summed E-state index contributed by atoms with van der Waals surface area (Å²) in [5.74, 6) is -2.54. The minimum Gasteiger partial charge on any atom is -0.481 e. The molecule has 6 nitrogen and oxygen atoms in total. The number of carboxylic acids is 1. The normalized spacial score (nSPS) is 11.9. The number of hydrogen-bond acceptors (Lipinski definition) is 4. The Balaban J connectivity index is 2.97. The Labute approximate surface area is 113 Å². The van der Waals surface area contributed by atoms with E-state index in [-0.39, 0.29) is 17.3 Å². The third-order valence-electron chi connectivity index (χ3n) is 2.62. The molecule has 0 amide bonds. The summed E-state index contributed by atoms with van der Waals surface area (Å²) in [5, 5.41) is 21.9. The molecule has 8 heteroatoms. The molecule has 0 saturated carbocycles. The van der Waals surface area contributed by atoms with Gasteiger partial charge in [0.15, 0.2) is 0 Å². The number of nitro groups is 1. The van der Waals surface area contributed by atoms with Gasteiger partial charge in [-0.3, -0.25) is 14.9 Å². The maximum absolute atomic E-state index is 13.3. The van der Waals surface area contributed by atoms with Crippen LogP contribution in [0.4, 0.5) is 15.8 Å². The Kier molecular flexibility index (Phi) is 5.05. The van der Waals surface area contributed by atoms with E-state index in [0.29, 0.717) is 6.42 Å². The maximum Gasteiger partial charge on any atom is 0.308 e. The van der Waals surface area contributed by atoms with Gasteiger partial charge < -0.3 is 10.4 Å². The minimum atomic E-state index is -1.02. The Hall–Kier alpha value is -1.89. The van der Waals surface area contributed by atoms with Crippen molar-refractivity contribution in [1.82, 2.24) is 0 Å². The predicted octanol–water partition coefficient (Wildman–Crippen LogP) is 2.91. The first-order valence-electron chi connectivity index (χ1n) is 5.46. The zero-order valence-electron chi connectivity index (χ0n) is 10.0. The number of carboxylic acid groups (broad SMARTS) is 1. The van der Waals surface area contributed by atoms with Crippen LogP contribution in [-0.2, 0) is 4.79 Å². The summed E-state index contributed by atoms with van der Waals surface area (Å²) in [6.07, 6.45) is 0.353. The fourth-order valence-electron chi connectivity index (χ4n) is 1.47. The van der Waals surface area contributed by atoms with E-state index in [4.69, 9.17) is 16.7 Å². The van der Waals surface area contributed by atoms with Crippen molar-refractivity contribution in [2.45, 2.75) is 13.3 Å². The van der Waals surface area contributed by atoms with Crippen LogP contribution in [0.15, 0.2) is 12.1 Å². The molecule has 0 radical (unpaired) electrons. The summed E-state index contributed by atoms with van der Waals surface area (Å²) in [4.78, 5) is 20.9. The van der Waals surface area contributed by atoms with Crippen LogP contribution in [0.1, 0.15) is 13.3 Å². The van der Waals surface area contributed by atoms with E-state index in [1.54, 1.807) is 6.92 Å². The molecule has 1 unspecified atom stereocenters. The average Bonchev–Trinajstić information content (AvgIpc) is 2.33. The molecule has 19 heavy (non-hydrogen) atoms. The minimum absolute atomic E-state index is 0.0340. The Morgan fingerprint density at radius 1 is 1.63 bits per heavy atom. The number of nitrogens with one attached hydrogen (secondary N) is 1. The number of anilines is 1. The second-order valence-corrected chi connectivity index (χ2v) is 4.27. The van der Waals surface area contributed by atoms with Gasteiger partial charge in [-0.05, 0) is 6.42 Å². The molecule has 0 aliphatic carbocycles. The smallest absolute Gasteiger partial charge is 0.308 e. The molecule has 0 spiro atoms. The highest BCUT2D eigenvalue weighted by molar-refractivity contribution is 6.31. The molecule has 2 N–H and O–H groups in total. The van der Waals surface area contributed by atoms with Crippen molar-refractivity contribution in [3.63, 3.8) is 0 Å². The molecule has 0 fully saturated rings. The van der Waals surface area contributed by atoms with Crippen LogP contribution < -0.4 is 5.32 Å². The van der Waals surface area contributed by atoms with Gasteiger partial charge in [-0.1, -0.05) is 18.5 Å². The summed E-state index contributed by atoms with van der Waals surface area (Å²) in [6, 6.07) is 1.77. The molecular weight excluding hydrogens is 279 g/mol. The molecule has 1 aromatic rings. The maximum atomic E-state index is 13.3. The van der Waals surface area contributed by atoms with Gasteiger partial charge in [-0.2, -0.15) is 0 Å². The highest BCUT2D eigenvalue weighted by atomic mass is 35.5. The fourth-order valence-corrected chi connectivity index (χ4v) is 1.63. The highest BCUT2D eigenvalue weighted by Crippen LogP contribution is 2.30. The standard InChI is InChI=1S/C11H12ClFN2O4/c1-2-6(11(16)17)5-14-9-4-8(13)7(12)3-10(9)15(18)19/h3-4,6,14H,2,5H2,1H3,(H,16,17). The topological polar surface area (TPSA) is 92.5 Å². The van der Waals surface area contributed by atoms with Gasteiger partial charge in [-0.25, -0.2) is 4.39 Å². The molecule has 0 aromatic heterocycles. The number of rotatable bonds is 6. The Morgan fingerprint density at radius 3 is 2.74 bits per heavy atom. The second kappa shape index (κ2) is 6.33. The van der Waals surface area contributed by atoms with Gasteiger partial charge in [-0.15, -0.1) is 0 Å². The summed E-state index contributed by atoms with van der Waals surface area (Å²) < 4.78 is 13.3.